The number of nitrogens with two attached hydrogens (primary N) is 1. The van der Waals surface area contributed by atoms with Gasteiger partial charge in [-0.2, -0.15) is 0 Å². The zero-order valence-corrected chi connectivity index (χ0v) is 8.46. The van der Waals surface area contributed by atoms with Crippen molar-refractivity contribution in [2.75, 3.05) is 12.8 Å². The van der Waals surface area contributed by atoms with Gasteiger partial charge >= 0.3 is 6.09 Å². The van der Waals surface area contributed by atoms with E-state index in [4.69, 9.17) is 10.5 Å². The molecular formula is C7H8BrN3O2. The summed E-state index contributed by atoms with van der Waals surface area (Å²) in [5, 5.41) is 2.30. The number of nitrogens with zero attached hydrogens (tertiary/aromatic N) is 1. The van der Waals surface area contributed by atoms with Crippen LogP contribution in [-0.2, 0) is 0 Å². The van der Waals surface area contributed by atoms with Crippen molar-refractivity contribution in [3.63, 3.8) is 0 Å². The molecule has 0 spiro atoms. The molecule has 6 heteroatoms. The second kappa shape index (κ2) is 4.08. The Morgan fingerprint density at radius 3 is 3.08 bits per heavy atom. The second-order valence-electron chi connectivity index (χ2n) is 2.18. The maximum absolute atomic E-state index is 10.8. The number of aromatic nitrogens is 1. The molecule has 5 nitrogen and oxygen atoms in total. The fourth-order valence-corrected chi connectivity index (χ4v) is 0.974. The van der Waals surface area contributed by atoms with E-state index in [0.717, 1.165) is 0 Å². The van der Waals surface area contributed by atoms with Crippen LogP contribution < -0.4 is 15.8 Å². The van der Waals surface area contributed by atoms with Crippen LogP contribution in [0.15, 0.2) is 16.7 Å². The zero-order chi connectivity index (χ0) is 9.84. The lowest BCUT2D eigenvalue weighted by Gasteiger charge is -2.05. The predicted octanol–water partition coefficient (Wildman–Crippen LogP) is 1.14. The first kappa shape index (κ1) is 9.79. The molecule has 0 saturated heterocycles. The summed E-state index contributed by atoms with van der Waals surface area (Å²) in [4.78, 5) is 14.6. The van der Waals surface area contributed by atoms with E-state index in [2.05, 4.69) is 26.2 Å². The van der Waals surface area contributed by atoms with Gasteiger partial charge in [0.05, 0.1) is 0 Å². The highest BCUT2D eigenvalue weighted by molar-refractivity contribution is 9.10. The van der Waals surface area contributed by atoms with E-state index in [1.807, 2.05) is 0 Å². The van der Waals surface area contributed by atoms with Crippen molar-refractivity contribution in [3.8, 4) is 5.75 Å². The molecule has 0 atom stereocenters. The van der Waals surface area contributed by atoms with Gasteiger partial charge in [0.1, 0.15) is 0 Å². The van der Waals surface area contributed by atoms with Crippen molar-refractivity contribution in [3.05, 3.63) is 16.7 Å². The minimum atomic E-state index is -0.577. The Morgan fingerprint density at radius 1 is 1.77 bits per heavy atom. The zero-order valence-electron chi connectivity index (χ0n) is 6.87. The number of ether oxygens (including phenoxy) is 1. The van der Waals surface area contributed by atoms with Gasteiger partial charge in [-0.3, -0.25) is 0 Å². The smallest absolute Gasteiger partial charge is 0.406 e. The highest BCUT2D eigenvalue weighted by Crippen LogP contribution is 2.22. The lowest BCUT2D eigenvalue weighted by atomic mass is 10.4. The number of rotatable bonds is 1. The number of nitrogens with one attached hydrogen (secondary N) is 1. The van der Waals surface area contributed by atoms with Gasteiger partial charge < -0.3 is 15.8 Å². The van der Waals surface area contributed by atoms with E-state index >= 15 is 0 Å². The van der Waals surface area contributed by atoms with Gasteiger partial charge in [-0.25, -0.2) is 9.78 Å². The highest BCUT2D eigenvalue weighted by atomic mass is 79.9. The summed E-state index contributed by atoms with van der Waals surface area (Å²) in [6, 6.07) is 1.57. The summed E-state index contributed by atoms with van der Waals surface area (Å²) >= 11 is 3.18. The Balaban J connectivity index is 2.87. The SMILES string of the molecule is CNC(=O)Oc1cc(Br)cnc1N. The van der Waals surface area contributed by atoms with E-state index in [1.165, 1.54) is 13.2 Å². The monoisotopic (exact) mass is 245 g/mol. The standard InChI is InChI=1S/C7H8BrN3O2/c1-10-7(12)13-5-2-4(8)3-11-6(5)9/h2-3H,1H3,(H2,9,11)(H,10,12). The second-order valence-corrected chi connectivity index (χ2v) is 3.09. The fourth-order valence-electron chi connectivity index (χ4n) is 0.664. The molecule has 0 aromatic carbocycles. The molecule has 0 bridgehead atoms. The Morgan fingerprint density at radius 2 is 2.46 bits per heavy atom. The largest absolute Gasteiger partial charge is 0.412 e. The molecule has 0 fully saturated rings. The average molecular weight is 246 g/mol. The predicted molar refractivity (Wildman–Crippen MR) is 51.4 cm³/mol. The number of hydrogen-bond acceptors (Lipinski definition) is 4. The van der Waals surface area contributed by atoms with Crippen LogP contribution in [0.5, 0.6) is 5.75 Å². The summed E-state index contributed by atoms with van der Waals surface area (Å²) in [6.07, 6.45) is 0.943. The lowest BCUT2D eigenvalue weighted by molar-refractivity contribution is 0.203. The number of amides is 1. The van der Waals surface area contributed by atoms with Crippen LogP contribution in [0.4, 0.5) is 10.6 Å². The summed E-state index contributed by atoms with van der Waals surface area (Å²) in [7, 11) is 1.46. The van der Waals surface area contributed by atoms with Crippen LogP contribution >= 0.6 is 15.9 Å². The van der Waals surface area contributed by atoms with Crippen molar-refractivity contribution < 1.29 is 9.53 Å². The van der Waals surface area contributed by atoms with Crippen molar-refractivity contribution >= 4 is 27.8 Å². The molecule has 0 unspecified atom stereocenters. The highest BCUT2D eigenvalue weighted by Gasteiger charge is 2.06. The molecule has 0 aliphatic heterocycles. The quantitative estimate of drug-likeness (QED) is 0.778. The number of anilines is 1. The molecular weight excluding hydrogens is 238 g/mol. The molecule has 70 valence electrons. The van der Waals surface area contributed by atoms with Crippen molar-refractivity contribution in [2.45, 2.75) is 0 Å². The van der Waals surface area contributed by atoms with Gasteiger partial charge in [-0.05, 0) is 15.9 Å². The number of hydrogen-bond donors (Lipinski definition) is 2. The van der Waals surface area contributed by atoms with Crippen LogP contribution in [0.1, 0.15) is 0 Å². The summed E-state index contributed by atoms with van der Waals surface area (Å²) in [5.41, 5.74) is 5.46. The molecule has 0 radical (unpaired) electrons. The van der Waals surface area contributed by atoms with E-state index in [-0.39, 0.29) is 11.6 Å². The van der Waals surface area contributed by atoms with Crippen molar-refractivity contribution in [1.29, 1.82) is 0 Å². The molecule has 0 aliphatic carbocycles. The molecule has 1 aromatic rings. The van der Waals surface area contributed by atoms with Gasteiger partial charge in [0, 0.05) is 23.8 Å². The Hall–Kier alpha value is -1.30. The van der Waals surface area contributed by atoms with Crippen LogP contribution in [0.3, 0.4) is 0 Å². The molecule has 0 saturated carbocycles. The number of halogens is 1. The summed E-state index contributed by atoms with van der Waals surface area (Å²) in [5.74, 6) is 0.403. The lowest BCUT2D eigenvalue weighted by Crippen LogP contribution is -2.22. The fraction of sp³-hybridized carbons (Fsp3) is 0.143. The number of nitrogen functional groups attached to an aromatic ring is 1. The Bertz CT molecular complexity index is 330. The van der Waals surface area contributed by atoms with Crippen molar-refractivity contribution in [1.82, 2.24) is 10.3 Å². The van der Waals surface area contributed by atoms with E-state index in [0.29, 0.717) is 4.47 Å². The number of carbonyl (C=O) groups is 1. The Labute approximate surface area is 83.4 Å². The molecule has 1 rings (SSSR count). The summed E-state index contributed by atoms with van der Waals surface area (Å²) < 4.78 is 5.50. The van der Waals surface area contributed by atoms with Crippen LogP contribution in [0.25, 0.3) is 0 Å². The maximum Gasteiger partial charge on any atom is 0.412 e. The topological polar surface area (TPSA) is 77.2 Å². The molecule has 1 amide bonds. The minimum Gasteiger partial charge on any atom is -0.406 e. The molecule has 13 heavy (non-hydrogen) atoms. The van der Waals surface area contributed by atoms with E-state index in [1.54, 1.807) is 6.07 Å². The maximum atomic E-state index is 10.8. The van der Waals surface area contributed by atoms with Gasteiger partial charge in [0.2, 0.25) is 0 Å². The number of carbonyl (C=O) groups excluding carboxylic acids is 1. The van der Waals surface area contributed by atoms with Crippen molar-refractivity contribution in [2.24, 2.45) is 0 Å². The average Bonchev–Trinajstić information content (AvgIpc) is 2.11. The van der Waals surface area contributed by atoms with Crippen LogP contribution in [-0.4, -0.2) is 18.1 Å². The van der Waals surface area contributed by atoms with E-state index in [9.17, 15) is 4.79 Å². The van der Waals surface area contributed by atoms with Crippen LogP contribution in [0.2, 0.25) is 0 Å². The van der Waals surface area contributed by atoms with Gasteiger partial charge in [-0.15, -0.1) is 0 Å². The third-order valence-electron chi connectivity index (χ3n) is 1.26. The minimum absolute atomic E-state index is 0.173. The third-order valence-corrected chi connectivity index (χ3v) is 1.69. The Kier molecular flexibility index (Phi) is 3.07. The first-order valence-corrected chi connectivity index (χ1v) is 4.23. The van der Waals surface area contributed by atoms with E-state index < -0.39 is 6.09 Å². The molecule has 3 N–H and O–H groups in total. The van der Waals surface area contributed by atoms with Gasteiger partial charge in [-0.1, -0.05) is 0 Å². The van der Waals surface area contributed by atoms with Crippen LogP contribution in [0, 0.1) is 0 Å². The van der Waals surface area contributed by atoms with Gasteiger partial charge in [0.15, 0.2) is 11.6 Å². The molecule has 0 aliphatic rings. The normalized spacial score (nSPS) is 9.38. The first-order chi connectivity index (χ1) is 6.13. The first-order valence-electron chi connectivity index (χ1n) is 3.44. The number of pyridine rings is 1. The molecule has 1 aromatic heterocycles. The summed E-state index contributed by atoms with van der Waals surface area (Å²) in [6.45, 7) is 0. The van der Waals surface area contributed by atoms with Gasteiger partial charge in [0.25, 0.3) is 0 Å². The molecule has 1 heterocycles. The third kappa shape index (κ3) is 2.59.